The third-order valence-corrected chi connectivity index (χ3v) is 3.06. The summed E-state index contributed by atoms with van der Waals surface area (Å²) in [6.07, 6.45) is 0.414. The number of carbonyl (C=O) groups excluding carboxylic acids is 1. The molecule has 1 aliphatic heterocycles. The summed E-state index contributed by atoms with van der Waals surface area (Å²) in [4.78, 5) is 11.8. The lowest BCUT2D eigenvalue weighted by atomic mass is 9.98. The molecule has 1 aliphatic rings. The summed E-state index contributed by atoms with van der Waals surface area (Å²) >= 11 is 6.01. The molecule has 19 heavy (non-hydrogen) atoms. The van der Waals surface area contributed by atoms with Crippen molar-refractivity contribution in [3.63, 3.8) is 0 Å². The van der Waals surface area contributed by atoms with Crippen LogP contribution in [0.5, 0.6) is 0 Å². The Hall–Kier alpha value is -1.42. The smallest absolute Gasteiger partial charge is 0.408 e. The van der Waals surface area contributed by atoms with E-state index >= 15 is 0 Å². The Morgan fingerprint density at radius 2 is 2.21 bits per heavy atom. The average molecular weight is 283 g/mol. The summed E-state index contributed by atoms with van der Waals surface area (Å²) < 4.78 is 5.28. The van der Waals surface area contributed by atoms with Crippen molar-refractivity contribution in [3.8, 4) is 0 Å². The summed E-state index contributed by atoms with van der Waals surface area (Å²) in [5.74, 6) is 0. The van der Waals surface area contributed by atoms with Gasteiger partial charge in [-0.1, -0.05) is 11.6 Å². The molecule has 1 heterocycles. The molecule has 4 nitrogen and oxygen atoms in total. The van der Waals surface area contributed by atoms with Crippen LogP contribution in [0.15, 0.2) is 18.2 Å². The fourth-order valence-electron chi connectivity index (χ4n) is 2.09. The van der Waals surface area contributed by atoms with Gasteiger partial charge < -0.3 is 15.4 Å². The number of benzene rings is 1. The van der Waals surface area contributed by atoms with Gasteiger partial charge in [0, 0.05) is 17.3 Å². The van der Waals surface area contributed by atoms with Gasteiger partial charge in [-0.05, 0) is 51.0 Å². The fraction of sp³-hybridized carbons (Fsp3) is 0.500. The highest BCUT2D eigenvalue weighted by Gasteiger charge is 2.24. The number of alkyl carbamates (subject to hydrolysis) is 1. The highest BCUT2D eigenvalue weighted by Crippen LogP contribution is 2.32. The van der Waals surface area contributed by atoms with E-state index in [9.17, 15) is 4.79 Å². The van der Waals surface area contributed by atoms with Crippen molar-refractivity contribution in [2.75, 3.05) is 11.9 Å². The van der Waals surface area contributed by atoms with E-state index in [1.54, 1.807) is 0 Å². The minimum absolute atomic E-state index is 0.0650. The molecular weight excluding hydrogens is 264 g/mol. The van der Waals surface area contributed by atoms with E-state index in [0.29, 0.717) is 5.02 Å². The average Bonchev–Trinajstić information content (AvgIpc) is 2.27. The molecule has 0 aliphatic carbocycles. The molecule has 0 fully saturated rings. The quantitative estimate of drug-likeness (QED) is 0.825. The summed E-state index contributed by atoms with van der Waals surface area (Å²) in [5.41, 5.74) is 1.52. The molecule has 1 aromatic carbocycles. The number of hydrogen-bond acceptors (Lipinski definition) is 3. The zero-order valence-electron chi connectivity index (χ0n) is 11.4. The van der Waals surface area contributed by atoms with E-state index in [4.69, 9.17) is 16.3 Å². The predicted molar refractivity (Wildman–Crippen MR) is 76.7 cm³/mol. The highest BCUT2D eigenvalue weighted by atomic mass is 35.5. The van der Waals surface area contributed by atoms with Crippen molar-refractivity contribution < 1.29 is 9.53 Å². The first-order chi connectivity index (χ1) is 8.85. The molecule has 1 aromatic rings. The molecule has 0 saturated carbocycles. The van der Waals surface area contributed by atoms with E-state index in [0.717, 1.165) is 24.2 Å². The lowest BCUT2D eigenvalue weighted by Crippen LogP contribution is -2.37. The van der Waals surface area contributed by atoms with E-state index in [2.05, 4.69) is 10.6 Å². The second kappa shape index (κ2) is 5.29. The molecule has 5 heteroatoms. The van der Waals surface area contributed by atoms with Crippen molar-refractivity contribution in [1.82, 2.24) is 5.32 Å². The molecule has 0 bridgehead atoms. The number of ether oxygens (including phenoxy) is 1. The van der Waals surface area contributed by atoms with Crippen molar-refractivity contribution in [2.45, 2.75) is 38.8 Å². The molecular formula is C14H19ClN2O2. The molecule has 1 unspecified atom stereocenters. The maximum absolute atomic E-state index is 11.8. The van der Waals surface area contributed by atoms with Crippen LogP contribution in [-0.2, 0) is 4.74 Å². The summed E-state index contributed by atoms with van der Waals surface area (Å²) in [5, 5.41) is 6.85. The summed E-state index contributed by atoms with van der Waals surface area (Å²) in [7, 11) is 0. The standard InChI is InChI=1S/C14H19ClN2O2/c1-14(2,3)19-13(18)17-12-6-7-16-11-5-4-9(15)8-10(11)12/h4-5,8,12,16H,6-7H2,1-3H3,(H,17,18). The summed E-state index contributed by atoms with van der Waals surface area (Å²) in [6.45, 7) is 6.36. The normalized spacial score (nSPS) is 18.2. The Balaban J connectivity index is 2.11. The van der Waals surface area contributed by atoms with E-state index in [1.807, 2.05) is 39.0 Å². The van der Waals surface area contributed by atoms with Gasteiger partial charge in [-0.3, -0.25) is 0 Å². The molecule has 0 saturated heterocycles. The lowest BCUT2D eigenvalue weighted by molar-refractivity contribution is 0.0501. The molecule has 0 aromatic heterocycles. The monoisotopic (exact) mass is 282 g/mol. The molecule has 0 radical (unpaired) electrons. The van der Waals surface area contributed by atoms with Crippen LogP contribution in [0.3, 0.4) is 0 Å². The Morgan fingerprint density at radius 3 is 2.89 bits per heavy atom. The second-order valence-electron chi connectivity index (χ2n) is 5.65. The number of halogens is 1. The predicted octanol–water partition coefficient (Wildman–Crippen LogP) is 3.72. The van der Waals surface area contributed by atoms with Gasteiger partial charge in [-0.15, -0.1) is 0 Å². The number of rotatable bonds is 1. The molecule has 2 rings (SSSR count). The van der Waals surface area contributed by atoms with Crippen LogP contribution in [0, 0.1) is 0 Å². The molecule has 0 spiro atoms. The number of hydrogen-bond donors (Lipinski definition) is 2. The number of amides is 1. The maximum atomic E-state index is 11.8. The first-order valence-corrected chi connectivity index (χ1v) is 6.76. The number of anilines is 1. The molecule has 1 atom stereocenters. The molecule has 2 N–H and O–H groups in total. The van der Waals surface area contributed by atoms with Crippen LogP contribution in [0.4, 0.5) is 10.5 Å². The Labute approximate surface area is 118 Å². The van der Waals surface area contributed by atoms with Gasteiger partial charge in [0.25, 0.3) is 0 Å². The largest absolute Gasteiger partial charge is 0.444 e. The van der Waals surface area contributed by atoms with E-state index < -0.39 is 11.7 Å². The van der Waals surface area contributed by atoms with E-state index in [1.165, 1.54) is 0 Å². The van der Waals surface area contributed by atoms with Gasteiger partial charge in [0.1, 0.15) is 5.60 Å². The van der Waals surface area contributed by atoms with Gasteiger partial charge in [-0.25, -0.2) is 4.79 Å². The fourth-order valence-corrected chi connectivity index (χ4v) is 2.27. The zero-order valence-corrected chi connectivity index (χ0v) is 12.2. The first-order valence-electron chi connectivity index (χ1n) is 6.38. The number of fused-ring (bicyclic) bond motifs is 1. The third-order valence-electron chi connectivity index (χ3n) is 2.83. The highest BCUT2D eigenvalue weighted by molar-refractivity contribution is 6.30. The van der Waals surface area contributed by atoms with Crippen LogP contribution in [0.2, 0.25) is 5.02 Å². The molecule has 104 valence electrons. The van der Waals surface area contributed by atoms with Gasteiger partial charge in [0.2, 0.25) is 0 Å². The molecule has 1 amide bonds. The summed E-state index contributed by atoms with van der Waals surface area (Å²) in [6, 6.07) is 5.58. The minimum atomic E-state index is -0.492. The Morgan fingerprint density at radius 1 is 1.47 bits per heavy atom. The minimum Gasteiger partial charge on any atom is -0.444 e. The van der Waals surface area contributed by atoms with Crippen molar-refractivity contribution >= 4 is 23.4 Å². The number of nitrogens with one attached hydrogen (secondary N) is 2. The van der Waals surface area contributed by atoms with Crippen LogP contribution in [0.25, 0.3) is 0 Å². The van der Waals surface area contributed by atoms with Crippen molar-refractivity contribution in [3.05, 3.63) is 28.8 Å². The van der Waals surface area contributed by atoms with Crippen molar-refractivity contribution in [2.24, 2.45) is 0 Å². The second-order valence-corrected chi connectivity index (χ2v) is 6.08. The van der Waals surface area contributed by atoms with Crippen LogP contribution in [0.1, 0.15) is 38.8 Å². The van der Waals surface area contributed by atoms with Gasteiger partial charge in [0.15, 0.2) is 0 Å². The van der Waals surface area contributed by atoms with Gasteiger partial charge in [0.05, 0.1) is 6.04 Å². The Bertz CT molecular complexity index is 483. The van der Waals surface area contributed by atoms with Crippen LogP contribution in [-0.4, -0.2) is 18.2 Å². The SMILES string of the molecule is CC(C)(C)OC(=O)NC1CCNc2ccc(Cl)cc21. The lowest BCUT2D eigenvalue weighted by Gasteiger charge is -2.29. The number of carbonyl (C=O) groups is 1. The topological polar surface area (TPSA) is 50.4 Å². The maximum Gasteiger partial charge on any atom is 0.408 e. The van der Waals surface area contributed by atoms with Crippen molar-refractivity contribution in [1.29, 1.82) is 0 Å². The van der Waals surface area contributed by atoms with Crippen LogP contribution < -0.4 is 10.6 Å². The van der Waals surface area contributed by atoms with Gasteiger partial charge in [-0.2, -0.15) is 0 Å². The first kappa shape index (κ1) is 14.0. The Kier molecular flexibility index (Phi) is 3.90. The van der Waals surface area contributed by atoms with Gasteiger partial charge >= 0.3 is 6.09 Å². The third kappa shape index (κ3) is 3.77. The van der Waals surface area contributed by atoms with Crippen LogP contribution >= 0.6 is 11.6 Å². The van der Waals surface area contributed by atoms with E-state index in [-0.39, 0.29) is 6.04 Å². The zero-order chi connectivity index (χ0) is 14.0.